The van der Waals surface area contributed by atoms with Crippen molar-refractivity contribution >= 4 is 17.8 Å². The average molecular weight is 265 g/mol. The summed E-state index contributed by atoms with van der Waals surface area (Å²) in [6, 6.07) is 0. The molecule has 0 aliphatic carbocycles. The molecule has 0 atom stereocenters. The van der Waals surface area contributed by atoms with Gasteiger partial charge in [0.15, 0.2) is 0 Å². The first kappa shape index (κ1) is 13.4. The van der Waals surface area contributed by atoms with E-state index in [-0.39, 0.29) is 12.5 Å². The van der Waals surface area contributed by atoms with Gasteiger partial charge in [-0.25, -0.2) is 4.98 Å². The molecule has 1 aliphatic heterocycles. The quantitative estimate of drug-likeness (QED) is 0.709. The summed E-state index contributed by atoms with van der Waals surface area (Å²) in [5.74, 6) is -0.0258. The van der Waals surface area contributed by atoms with E-state index in [9.17, 15) is 9.59 Å². The molecule has 2 rings (SSSR count). The molecule has 104 valence electrons. The molecule has 2 heterocycles. The topological polar surface area (TPSA) is 102 Å². The first-order chi connectivity index (χ1) is 8.90. The van der Waals surface area contributed by atoms with Crippen LogP contribution in [0.3, 0.4) is 0 Å². The van der Waals surface area contributed by atoms with Gasteiger partial charge in [-0.1, -0.05) is 0 Å². The number of rotatable bonds is 4. The number of nitrogens with one attached hydrogen (secondary N) is 2. The maximum atomic E-state index is 12.0. The highest BCUT2D eigenvalue weighted by Gasteiger charge is 2.26. The molecule has 7 heteroatoms. The lowest BCUT2D eigenvalue weighted by Crippen LogP contribution is -2.42. The molecule has 0 radical (unpaired) electrons. The third-order valence-electron chi connectivity index (χ3n) is 3.23. The zero-order valence-electron chi connectivity index (χ0n) is 11.2. The third-order valence-corrected chi connectivity index (χ3v) is 3.23. The molecule has 1 aliphatic rings. The first-order valence-corrected chi connectivity index (χ1v) is 6.29. The number of aromatic nitrogens is 2. The van der Waals surface area contributed by atoms with E-state index in [0.717, 1.165) is 19.5 Å². The highest BCUT2D eigenvalue weighted by atomic mass is 16.2. The Morgan fingerprint density at radius 1 is 1.58 bits per heavy atom. The maximum Gasteiger partial charge on any atom is 0.271 e. The molecule has 1 aromatic heterocycles. The summed E-state index contributed by atoms with van der Waals surface area (Å²) in [4.78, 5) is 27.4. The molecular weight excluding hydrogens is 246 g/mol. The van der Waals surface area contributed by atoms with Crippen LogP contribution in [-0.2, 0) is 11.3 Å². The Hall–Kier alpha value is -2.05. The van der Waals surface area contributed by atoms with Crippen LogP contribution >= 0.6 is 0 Å². The highest BCUT2D eigenvalue weighted by Crippen LogP contribution is 2.15. The lowest BCUT2D eigenvalue weighted by Gasteiger charge is -2.20. The molecule has 4 N–H and O–H groups in total. The molecule has 0 saturated carbocycles. The van der Waals surface area contributed by atoms with Gasteiger partial charge in [0.2, 0.25) is 11.9 Å². The van der Waals surface area contributed by atoms with E-state index in [1.54, 1.807) is 20.0 Å². The third kappa shape index (κ3) is 2.86. The molecule has 0 aromatic carbocycles. The second-order valence-corrected chi connectivity index (χ2v) is 5.35. The number of hydrogen-bond donors (Lipinski definition) is 3. The largest absolute Gasteiger partial charge is 0.369 e. The number of carbonyl (C=O) groups is 2. The van der Waals surface area contributed by atoms with Crippen molar-refractivity contribution in [3.05, 3.63) is 11.9 Å². The van der Waals surface area contributed by atoms with E-state index in [0.29, 0.717) is 11.6 Å². The van der Waals surface area contributed by atoms with Gasteiger partial charge < -0.3 is 20.9 Å². The number of primary amides is 1. The van der Waals surface area contributed by atoms with Crippen molar-refractivity contribution in [2.45, 2.75) is 26.8 Å². The van der Waals surface area contributed by atoms with Crippen LogP contribution in [0.4, 0.5) is 5.95 Å². The zero-order chi connectivity index (χ0) is 14.0. The van der Waals surface area contributed by atoms with Gasteiger partial charge >= 0.3 is 0 Å². The fourth-order valence-electron chi connectivity index (χ4n) is 1.77. The fraction of sp³-hybridized carbons (Fsp3) is 0.583. The average Bonchev–Trinajstić information content (AvgIpc) is 2.79. The number of aryl methyl sites for hydroxylation is 1. The van der Waals surface area contributed by atoms with E-state index in [1.807, 2.05) is 4.57 Å². The lowest BCUT2D eigenvalue weighted by atomic mass is 9.93. The molecule has 1 aromatic rings. The predicted molar refractivity (Wildman–Crippen MR) is 70.6 cm³/mol. The van der Waals surface area contributed by atoms with Gasteiger partial charge in [-0.05, 0) is 20.3 Å². The normalized spacial score (nSPS) is 14.4. The number of carbonyl (C=O) groups excluding carboxylic acids is 2. The van der Waals surface area contributed by atoms with Crippen LogP contribution in [0, 0.1) is 5.41 Å². The van der Waals surface area contributed by atoms with Crippen molar-refractivity contribution in [3.8, 4) is 0 Å². The Bertz CT molecular complexity index is 483. The summed E-state index contributed by atoms with van der Waals surface area (Å²) in [5.41, 5.74) is 4.84. The van der Waals surface area contributed by atoms with Crippen LogP contribution in [0.15, 0.2) is 6.20 Å². The van der Waals surface area contributed by atoms with Crippen molar-refractivity contribution in [3.63, 3.8) is 0 Å². The Labute approximate surface area is 111 Å². The van der Waals surface area contributed by atoms with Crippen molar-refractivity contribution in [2.24, 2.45) is 11.1 Å². The smallest absolute Gasteiger partial charge is 0.271 e. The Balaban J connectivity index is 2.00. The summed E-state index contributed by atoms with van der Waals surface area (Å²) in [6.07, 6.45) is 2.73. The number of fused-ring (bicyclic) bond motifs is 1. The van der Waals surface area contributed by atoms with E-state index < -0.39 is 11.3 Å². The maximum absolute atomic E-state index is 12.0. The van der Waals surface area contributed by atoms with Crippen LogP contribution in [0.2, 0.25) is 0 Å². The molecule has 0 bridgehead atoms. The highest BCUT2D eigenvalue weighted by molar-refractivity contribution is 5.93. The van der Waals surface area contributed by atoms with Crippen molar-refractivity contribution in [2.75, 3.05) is 18.4 Å². The van der Waals surface area contributed by atoms with Crippen LogP contribution in [0.25, 0.3) is 0 Å². The Kier molecular flexibility index (Phi) is 3.46. The number of nitrogens with two attached hydrogens (primary N) is 1. The standard InChI is InChI=1S/C12H19N5O2/c1-12(2,10(13)19)7-15-9(18)8-6-17-5-3-4-14-11(17)16-8/h6H,3-5,7H2,1-2H3,(H2,13,19)(H,14,16)(H,15,18). The van der Waals surface area contributed by atoms with Gasteiger partial charge in [-0.3, -0.25) is 9.59 Å². The number of amides is 2. The van der Waals surface area contributed by atoms with E-state index in [4.69, 9.17) is 5.73 Å². The number of anilines is 1. The van der Waals surface area contributed by atoms with E-state index in [1.165, 1.54) is 0 Å². The molecule has 0 fully saturated rings. The molecule has 2 amide bonds. The van der Waals surface area contributed by atoms with Gasteiger partial charge in [-0.2, -0.15) is 0 Å². The Morgan fingerprint density at radius 2 is 2.32 bits per heavy atom. The van der Waals surface area contributed by atoms with Crippen molar-refractivity contribution < 1.29 is 9.59 Å². The molecule has 0 saturated heterocycles. The second-order valence-electron chi connectivity index (χ2n) is 5.35. The molecular formula is C12H19N5O2. The Morgan fingerprint density at radius 3 is 2.95 bits per heavy atom. The van der Waals surface area contributed by atoms with Crippen LogP contribution in [0.5, 0.6) is 0 Å². The summed E-state index contributed by atoms with van der Waals surface area (Å²) < 4.78 is 1.91. The van der Waals surface area contributed by atoms with E-state index >= 15 is 0 Å². The zero-order valence-corrected chi connectivity index (χ0v) is 11.2. The summed E-state index contributed by atoms with van der Waals surface area (Å²) in [5, 5.41) is 5.81. The van der Waals surface area contributed by atoms with Crippen LogP contribution in [-0.4, -0.2) is 34.5 Å². The van der Waals surface area contributed by atoms with Gasteiger partial charge in [-0.15, -0.1) is 0 Å². The number of nitrogens with zero attached hydrogens (tertiary/aromatic N) is 2. The fourth-order valence-corrected chi connectivity index (χ4v) is 1.77. The summed E-state index contributed by atoms with van der Waals surface area (Å²) >= 11 is 0. The number of imidazole rings is 1. The van der Waals surface area contributed by atoms with Gasteiger partial charge in [0.05, 0.1) is 5.41 Å². The van der Waals surface area contributed by atoms with E-state index in [2.05, 4.69) is 15.6 Å². The predicted octanol–water partition coefficient (Wildman–Crippen LogP) is -0.0600. The minimum absolute atomic E-state index is 0.191. The van der Waals surface area contributed by atoms with Crippen molar-refractivity contribution in [1.29, 1.82) is 0 Å². The molecule has 7 nitrogen and oxygen atoms in total. The summed E-state index contributed by atoms with van der Waals surface area (Å²) in [7, 11) is 0. The minimum Gasteiger partial charge on any atom is -0.369 e. The second kappa shape index (κ2) is 4.91. The molecule has 0 spiro atoms. The van der Waals surface area contributed by atoms with Crippen molar-refractivity contribution in [1.82, 2.24) is 14.9 Å². The van der Waals surface area contributed by atoms with Crippen LogP contribution in [0.1, 0.15) is 30.8 Å². The monoisotopic (exact) mass is 265 g/mol. The molecule has 19 heavy (non-hydrogen) atoms. The summed E-state index contributed by atoms with van der Waals surface area (Å²) in [6.45, 7) is 5.30. The van der Waals surface area contributed by atoms with Gasteiger partial charge in [0.25, 0.3) is 5.91 Å². The minimum atomic E-state index is -0.771. The lowest BCUT2D eigenvalue weighted by molar-refractivity contribution is -0.125. The van der Waals surface area contributed by atoms with Crippen LogP contribution < -0.4 is 16.4 Å². The first-order valence-electron chi connectivity index (χ1n) is 6.29. The number of hydrogen-bond acceptors (Lipinski definition) is 4. The van der Waals surface area contributed by atoms with Gasteiger partial charge in [0.1, 0.15) is 5.69 Å². The molecule has 0 unspecified atom stereocenters. The van der Waals surface area contributed by atoms with Gasteiger partial charge in [0, 0.05) is 25.8 Å². The SMILES string of the molecule is CC(C)(CNC(=O)c1cn2c(n1)NCCC2)C(N)=O.